The molecule has 0 aromatic rings. The molecule has 0 radical (unpaired) electrons. The molecule has 0 spiro atoms. The van der Waals surface area contributed by atoms with Gasteiger partial charge in [0.1, 0.15) is 0 Å². The van der Waals surface area contributed by atoms with Crippen LogP contribution in [0.3, 0.4) is 0 Å². The highest BCUT2D eigenvalue weighted by molar-refractivity contribution is 5.65. The number of amides is 1. The van der Waals surface area contributed by atoms with E-state index in [2.05, 4.69) is 0 Å². The van der Waals surface area contributed by atoms with Crippen molar-refractivity contribution in [1.82, 2.24) is 4.90 Å². The molecule has 1 aliphatic heterocycles. The summed E-state index contributed by atoms with van der Waals surface area (Å²) in [5, 5.41) is 18.8. The summed E-state index contributed by atoms with van der Waals surface area (Å²) in [7, 11) is 0. The van der Waals surface area contributed by atoms with Crippen molar-refractivity contribution in [2.24, 2.45) is 5.73 Å². The number of carbonyl (C=O) groups is 1. The molecule has 14 heavy (non-hydrogen) atoms. The van der Waals surface area contributed by atoms with Crippen LogP contribution < -0.4 is 5.73 Å². The molecule has 0 saturated carbocycles. The molecule has 1 heterocycles. The largest absolute Gasteiger partial charge is 0.465 e. The Labute approximate surface area is 83.5 Å². The topological polar surface area (TPSA) is 86.8 Å². The van der Waals surface area contributed by atoms with Gasteiger partial charge in [-0.3, -0.25) is 0 Å². The maximum atomic E-state index is 10.8. The quantitative estimate of drug-likeness (QED) is 0.598. The SMILES string of the molecule is CCC1CC(O)(CN)CCN1C(=O)O. The summed E-state index contributed by atoms with van der Waals surface area (Å²) in [6.45, 7) is 2.50. The summed E-state index contributed by atoms with van der Waals surface area (Å²) in [6, 6.07) is -0.102. The number of likely N-dealkylation sites (tertiary alicyclic amines) is 1. The van der Waals surface area contributed by atoms with Gasteiger partial charge in [-0.15, -0.1) is 0 Å². The molecule has 5 nitrogen and oxygen atoms in total. The Morgan fingerprint density at radius 3 is 2.79 bits per heavy atom. The molecular formula is C9H18N2O3. The number of carboxylic acid groups (broad SMARTS) is 1. The van der Waals surface area contributed by atoms with E-state index < -0.39 is 11.7 Å². The summed E-state index contributed by atoms with van der Waals surface area (Å²) in [5.74, 6) is 0. The summed E-state index contributed by atoms with van der Waals surface area (Å²) in [6.07, 6.45) is 0.698. The number of aliphatic hydroxyl groups is 1. The van der Waals surface area contributed by atoms with E-state index in [4.69, 9.17) is 10.8 Å². The molecule has 1 saturated heterocycles. The Morgan fingerprint density at radius 2 is 2.36 bits per heavy atom. The highest BCUT2D eigenvalue weighted by atomic mass is 16.4. The van der Waals surface area contributed by atoms with E-state index in [1.807, 2.05) is 6.92 Å². The molecule has 1 aliphatic rings. The Bertz CT molecular complexity index is 222. The lowest BCUT2D eigenvalue weighted by atomic mass is 9.85. The van der Waals surface area contributed by atoms with Gasteiger partial charge in [-0.2, -0.15) is 0 Å². The van der Waals surface area contributed by atoms with Crippen LogP contribution in [0.4, 0.5) is 4.79 Å². The minimum absolute atomic E-state index is 0.102. The van der Waals surface area contributed by atoms with E-state index in [-0.39, 0.29) is 12.6 Å². The second kappa shape index (κ2) is 4.14. The maximum absolute atomic E-state index is 10.8. The molecule has 0 aromatic heterocycles. The van der Waals surface area contributed by atoms with Crippen LogP contribution in [-0.4, -0.2) is 45.9 Å². The second-order valence-corrected chi connectivity index (χ2v) is 3.92. The van der Waals surface area contributed by atoms with Crippen molar-refractivity contribution < 1.29 is 15.0 Å². The first-order chi connectivity index (χ1) is 6.52. The number of nitrogens with two attached hydrogens (primary N) is 1. The molecule has 1 fully saturated rings. The lowest BCUT2D eigenvalue weighted by molar-refractivity contribution is -0.0341. The zero-order chi connectivity index (χ0) is 10.8. The number of rotatable bonds is 2. The maximum Gasteiger partial charge on any atom is 0.407 e. The van der Waals surface area contributed by atoms with Crippen LogP contribution in [0.1, 0.15) is 26.2 Å². The molecular weight excluding hydrogens is 184 g/mol. The first-order valence-electron chi connectivity index (χ1n) is 4.94. The third kappa shape index (κ3) is 2.16. The van der Waals surface area contributed by atoms with Crippen molar-refractivity contribution in [1.29, 1.82) is 0 Å². The van der Waals surface area contributed by atoms with Gasteiger partial charge in [0.25, 0.3) is 0 Å². The van der Waals surface area contributed by atoms with Crippen molar-refractivity contribution in [3.05, 3.63) is 0 Å². The van der Waals surface area contributed by atoms with Gasteiger partial charge in [0.2, 0.25) is 0 Å². The van der Waals surface area contributed by atoms with Crippen LogP contribution in [0, 0.1) is 0 Å². The molecule has 2 unspecified atom stereocenters. The summed E-state index contributed by atoms with van der Waals surface area (Å²) in [5.41, 5.74) is 4.59. The van der Waals surface area contributed by atoms with Gasteiger partial charge in [-0.1, -0.05) is 6.92 Å². The molecule has 2 atom stereocenters. The molecule has 5 heteroatoms. The van der Waals surface area contributed by atoms with Gasteiger partial charge in [0, 0.05) is 19.1 Å². The third-order valence-corrected chi connectivity index (χ3v) is 2.97. The van der Waals surface area contributed by atoms with Crippen LogP contribution >= 0.6 is 0 Å². The Kier molecular flexibility index (Phi) is 3.34. The molecule has 1 rings (SSSR count). The van der Waals surface area contributed by atoms with Crippen LogP contribution in [0.2, 0.25) is 0 Å². The first kappa shape index (κ1) is 11.3. The average molecular weight is 202 g/mol. The number of piperidine rings is 1. The lowest BCUT2D eigenvalue weighted by Crippen LogP contribution is -2.54. The smallest absolute Gasteiger partial charge is 0.407 e. The Morgan fingerprint density at radius 1 is 1.71 bits per heavy atom. The van der Waals surface area contributed by atoms with Crippen molar-refractivity contribution in [2.75, 3.05) is 13.1 Å². The van der Waals surface area contributed by atoms with Crippen molar-refractivity contribution in [3.8, 4) is 0 Å². The predicted molar refractivity (Wildman–Crippen MR) is 52.0 cm³/mol. The molecule has 0 aliphatic carbocycles. The molecule has 82 valence electrons. The predicted octanol–water partition coefficient (Wildman–Crippen LogP) is 0.229. The summed E-state index contributed by atoms with van der Waals surface area (Å²) < 4.78 is 0. The van der Waals surface area contributed by atoms with Crippen molar-refractivity contribution in [2.45, 2.75) is 37.8 Å². The van der Waals surface area contributed by atoms with Gasteiger partial charge in [0.05, 0.1) is 5.60 Å². The van der Waals surface area contributed by atoms with Crippen molar-refractivity contribution >= 4 is 6.09 Å². The summed E-state index contributed by atoms with van der Waals surface area (Å²) in [4.78, 5) is 12.2. The zero-order valence-electron chi connectivity index (χ0n) is 8.44. The third-order valence-electron chi connectivity index (χ3n) is 2.97. The van der Waals surface area contributed by atoms with E-state index in [1.165, 1.54) is 4.90 Å². The van der Waals surface area contributed by atoms with Gasteiger partial charge >= 0.3 is 6.09 Å². The van der Waals surface area contributed by atoms with Crippen LogP contribution in [0.5, 0.6) is 0 Å². The highest BCUT2D eigenvalue weighted by Gasteiger charge is 2.38. The van der Waals surface area contributed by atoms with Gasteiger partial charge in [-0.25, -0.2) is 4.79 Å². The molecule has 0 aromatic carbocycles. The monoisotopic (exact) mass is 202 g/mol. The van der Waals surface area contributed by atoms with E-state index in [9.17, 15) is 9.90 Å². The fourth-order valence-corrected chi connectivity index (χ4v) is 1.96. The first-order valence-corrected chi connectivity index (χ1v) is 4.94. The summed E-state index contributed by atoms with van der Waals surface area (Å²) >= 11 is 0. The number of nitrogens with zero attached hydrogens (tertiary/aromatic N) is 1. The van der Waals surface area contributed by atoms with Gasteiger partial charge < -0.3 is 20.8 Å². The minimum Gasteiger partial charge on any atom is -0.465 e. The lowest BCUT2D eigenvalue weighted by Gasteiger charge is -2.41. The minimum atomic E-state index is -0.907. The highest BCUT2D eigenvalue weighted by Crippen LogP contribution is 2.27. The van der Waals surface area contributed by atoms with E-state index >= 15 is 0 Å². The standard InChI is InChI=1S/C9H18N2O3/c1-2-7-5-9(14,6-10)3-4-11(7)8(12)13/h7,14H,2-6,10H2,1H3,(H,12,13). The molecule has 0 bridgehead atoms. The Balaban J connectivity index is 2.68. The van der Waals surface area contributed by atoms with E-state index in [0.29, 0.717) is 25.8 Å². The number of hydrogen-bond acceptors (Lipinski definition) is 3. The average Bonchev–Trinajstić information content (AvgIpc) is 2.17. The molecule has 1 amide bonds. The fourth-order valence-electron chi connectivity index (χ4n) is 1.96. The fraction of sp³-hybridized carbons (Fsp3) is 0.889. The zero-order valence-corrected chi connectivity index (χ0v) is 8.44. The van der Waals surface area contributed by atoms with E-state index in [0.717, 1.165) is 0 Å². The van der Waals surface area contributed by atoms with Gasteiger partial charge in [-0.05, 0) is 19.3 Å². The Hall–Kier alpha value is -0.810. The van der Waals surface area contributed by atoms with E-state index in [1.54, 1.807) is 0 Å². The van der Waals surface area contributed by atoms with Gasteiger partial charge in [0.15, 0.2) is 0 Å². The molecule has 4 N–H and O–H groups in total. The van der Waals surface area contributed by atoms with Crippen molar-refractivity contribution in [3.63, 3.8) is 0 Å². The normalized spacial score (nSPS) is 33.1. The van der Waals surface area contributed by atoms with Crippen LogP contribution in [0.25, 0.3) is 0 Å². The van der Waals surface area contributed by atoms with Crippen LogP contribution in [-0.2, 0) is 0 Å². The van der Waals surface area contributed by atoms with Crippen LogP contribution in [0.15, 0.2) is 0 Å². The second-order valence-electron chi connectivity index (χ2n) is 3.92. The number of hydrogen-bond donors (Lipinski definition) is 3.